The van der Waals surface area contributed by atoms with E-state index in [1.54, 1.807) is 0 Å². The zero-order chi connectivity index (χ0) is 7.86. The second kappa shape index (κ2) is 7.54. The monoisotopic (exact) mass is 131 g/mol. The molecular weight excluding hydrogens is 110 g/mol. The molecule has 0 aliphatic heterocycles. The molecule has 0 bridgehead atoms. The second-order valence-corrected chi connectivity index (χ2v) is 2.74. The summed E-state index contributed by atoms with van der Waals surface area (Å²) in [6, 6.07) is 0. The Kier molecular flexibility index (Phi) is 9.51. The maximum absolute atomic E-state index is 5.10. The first-order valence-corrected chi connectivity index (χ1v) is 3.43. The summed E-state index contributed by atoms with van der Waals surface area (Å²) in [5.41, 5.74) is 5.85. The van der Waals surface area contributed by atoms with Crippen LogP contribution in [0, 0.1) is 5.92 Å². The van der Waals surface area contributed by atoms with Gasteiger partial charge in [0.15, 0.2) is 0 Å². The van der Waals surface area contributed by atoms with Crippen LogP contribution in [0.5, 0.6) is 0 Å². The van der Waals surface area contributed by atoms with Gasteiger partial charge in [0.2, 0.25) is 0 Å². The molecule has 0 spiro atoms. The van der Waals surface area contributed by atoms with E-state index in [4.69, 9.17) is 5.73 Å². The molecule has 0 atom stereocenters. The van der Waals surface area contributed by atoms with Crippen molar-refractivity contribution in [2.75, 3.05) is 0 Å². The molecular formula is C8H21N. The van der Waals surface area contributed by atoms with Crippen molar-refractivity contribution in [2.45, 2.75) is 34.1 Å². The molecule has 0 unspecified atom stereocenters. The highest BCUT2D eigenvalue weighted by Crippen LogP contribution is 1.81. The lowest BCUT2D eigenvalue weighted by atomic mass is 10.3. The average molecular weight is 131 g/mol. The van der Waals surface area contributed by atoms with E-state index in [0.29, 0.717) is 0 Å². The van der Waals surface area contributed by atoms with Crippen LogP contribution in [-0.2, 0) is 0 Å². The number of hydrogen-bond acceptors (Lipinski definition) is 1. The topological polar surface area (TPSA) is 26.0 Å². The number of rotatable bonds is 1. The van der Waals surface area contributed by atoms with Crippen LogP contribution in [-0.4, -0.2) is 0 Å². The van der Waals surface area contributed by atoms with E-state index in [-0.39, 0.29) is 1.43 Å². The van der Waals surface area contributed by atoms with E-state index in [0.717, 1.165) is 18.0 Å². The Morgan fingerprint density at radius 3 is 1.67 bits per heavy atom. The third-order valence-electron chi connectivity index (χ3n) is 0.454. The minimum atomic E-state index is 0. The molecule has 58 valence electrons. The van der Waals surface area contributed by atoms with Crippen LogP contribution < -0.4 is 5.73 Å². The van der Waals surface area contributed by atoms with Crippen molar-refractivity contribution in [1.82, 2.24) is 0 Å². The van der Waals surface area contributed by atoms with Gasteiger partial charge in [-0.1, -0.05) is 34.3 Å². The third kappa shape index (κ3) is 97.6. The SMILES string of the molecule is C=C(N)CC.CC(C)C.[HH]. The van der Waals surface area contributed by atoms with Crippen molar-refractivity contribution in [3.8, 4) is 0 Å². The lowest BCUT2D eigenvalue weighted by Gasteiger charge is -1.81. The van der Waals surface area contributed by atoms with Gasteiger partial charge in [-0.3, -0.25) is 0 Å². The normalized spacial score (nSPS) is 8.11. The molecule has 1 heteroatoms. The number of hydrogen-bond donors (Lipinski definition) is 1. The van der Waals surface area contributed by atoms with Gasteiger partial charge in [-0.25, -0.2) is 0 Å². The molecule has 2 N–H and O–H groups in total. The highest BCUT2D eigenvalue weighted by molar-refractivity contribution is 4.82. The minimum absolute atomic E-state index is 0. The lowest BCUT2D eigenvalue weighted by Crippen LogP contribution is -1.89. The van der Waals surface area contributed by atoms with Crippen molar-refractivity contribution in [2.24, 2.45) is 11.7 Å². The van der Waals surface area contributed by atoms with E-state index < -0.39 is 0 Å². The molecule has 0 aliphatic carbocycles. The summed E-state index contributed by atoms with van der Waals surface area (Å²) in [6.07, 6.45) is 0.889. The minimum Gasteiger partial charge on any atom is -0.403 e. The number of nitrogens with two attached hydrogens (primary N) is 1. The molecule has 0 rings (SSSR count). The summed E-state index contributed by atoms with van der Waals surface area (Å²) in [7, 11) is 0. The quantitative estimate of drug-likeness (QED) is 0.582. The first-order chi connectivity index (χ1) is 4.00. The van der Waals surface area contributed by atoms with Crippen molar-refractivity contribution in [3.63, 3.8) is 0 Å². The van der Waals surface area contributed by atoms with E-state index in [1.165, 1.54) is 0 Å². The van der Waals surface area contributed by atoms with Gasteiger partial charge < -0.3 is 5.73 Å². The summed E-state index contributed by atoms with van der Waals surface area (Å²) in [5, 5.41) is 0. The summed E-state index contributed by atoms with van der Waals surface area (Å²) in [5.74, 6) is 0.833. The van der Waals surface area contributed by atoms with Crippen molar-refractivity contribution in [1.29, 1.82) is 0 Å². The van der Waals surface area contributed by atoms with E-state index in [2.05, 4.69) is 27.4 Å². The van der Waals surface area contributed by atoms with Crippen molar-refractivity contribution >= 4 is 0 Å². The standard InChI is InChI=1S/C4H9N.C4H10.H2/c1-3-4(2)5;1-4(2)3;/h2-3,5H2,1H3;4H,1-3H3;1H. The first kappa shape index (κ1) is 11.4. The van der Waals surface area contributed by atoms with Gasteiger partial charge in [0.25, 0.3) is 0 Å². The van der Waals surface area contributed by atoms with E-state index in [9.17, 15) is 0 Å². The van der Waals surface area contributed by atoms with Gasteiger partial charge in [0.1, 0.15) is 0 Å². The molecule has 0 heterocycles. The van der Waals surface area contributed by atoms with Crippen LogP contribution in [0.15, 0.2) is 12.3 Å². The maximum atomic E-state index is 5.10. The second-order valence-electron chi connectivity index (χ2n) is 2.74. The van der Waals surface area contributed by atoms with Gasteiger partial charge in [0, 0.05) is 7.12 Å². The summed E-state index contributed by atoms with van der Waals surface area (Å²) >= 11 is 0. The number of allylic oxidation sites excluding steroid dienone is 1. The van der Waals surface area contributed by atoms with Crippen LogP contribution >= 0.6 is 0 Å². The Morgan fingerprint density at radius 1 is 1.56 bits per heavy atom. The molecule has 0 aromatic heterocycles. The summed E-state index contributed by atoms with van der Waals surface area (Å²) < 4.78 is 0. The van der Waals surface area contributed by atoms with Gasteiger partial charge in [0.05, 0.1) is 0 Å². The fraction of sp³-hybridized carbons (Fsp3) is 0.750. The molecule has 1 nitrogen and oxygen atoms in total. The molecule has 0 aromatic carbocycles. The van der Waals surface area contributed by atoms with Crippen LogP contribution in [0.25, 0.3) is 0 Å². The van der Waals surface area contributed by atoms with Crippen LogP contribution in [0.1, 0.15) is 35.5 Å². The maximum Gasteiger partial charge on any atom is 0.000466 e. The molecule has 0 saturated carbocycles. The highest BCUT2D eigenvalue weighted by atomic mass is 14.5. The van der Waals surface area contributed by atoms with Gasteiger partial charge in [-0.05, 0) is 12.3 Å². The molecule has 9 heavy (non-hydrogen) atoms. The molecule has 0 aromatic rings. The van der Waals surface area contributed by atoms with E-state index >= 15 is 0 Å². The Morgan fingerprint density at radius 2 is 1.67 bits per heavy atom. The molecule has 0 saturated heterocycles. The van der Waals surface area contributed by atoms with Crippen LogP contribution in [0.2, 0.25) is 0 Å². The molecule has 0 fully saturated rings. The summed E-state index contributed by atoms with van der Waals surface area (Å²) in [4.78, 5) is 0. The first-order valence-electron chi connectivity index (χ1n) is 3.43. The third-order valence-corrected chi connectivity index (χ3v) is 0.454. The van der Waals surface area contributed by atoms with Crippen LogP contribution in [0.3, 0.4) is 0 Å². The molecule has 0 amide bonds. The van der Waals surface area contributed by atoms with Crippen molar-refractivity contribution in [3.05, 3.63) is 12.3 Å². The fourth-order valence-electron chi connectivity index (χ4n) is 0. The zero-order valence-corrected chi connectivity index (χ0v) is 7.07. The van der Waals surface area contributed by atoms with E-state index in [1.807, 2.05) is 6.92 Å². The highest BCUT2D eigenvalue weighted by Gasteiger charge is 1.68. The van der Waals surface area contributed by atoms with Gasteiger partial charge >= 0.3 is 0 Å². The Balaban J connectivity index is -0.0000000910. The Hall–Kier alpha value is -0.460. The lowest BCUT2D eigenvalue weighted by molar-refractivity contribution is 0.737. The van der Waals surface area contributed by atoms with Crippen LogP contribution in [0.4, 0.5) is 0 Å². The zero-order valence-electron chi connectivity index (χ0n) is 7.07. The van der Waals surface area contributed by atoms with Gasteiger partial charge in [-0.15, -0.1) is 0 Å². The Bertz CT molecular complexity index is 66.9. The smallest absolute Gasteiger partial charge is 0.000466 e. The molecule has 0 radical (unpaired) electrons. The largest absolute Gasteiger partial charge is 0.403 e. The average Bonchev–Trinajstić information content (AvgIpc) is 1.65. The summed E-state index contributed by atoms with van der Waals surface area (Å²) in [6.45, 7) is 11.9. The van der Waals surface area contributed by atoms with Crippen molar-refractivity contribution < 1.29 is 1.43 Å². The predicted octanol–water partition coefficient (Wildman–Crippen LogP) is 2.78. The Labute approximate surface area is 60.4 Å². The predicted molar refractivity (Wildman–Crippen MR) is 46.2 cm³/mol. The van der Waals surface area contributed by atoms with Gasteiger partial charge in [-0.2, -0.15) is 0 Å². The molecule has 0 aliphatic rings. The fourth-order valence-corrected chi connectivity index (χ4v) is 0.